The maximum absolute atomic E-state index is 9.39. The van der Waals surface area contributed by atoms with Crippen LogP contribution in [-0.4, -0.2) is 35.9 Å². The van der Waals surface area contributed by atoms with E-state index >= 15 is 0 Å². The summed E-state index contributed by atoms with van der Waals surface area (Å²) in [5.74, 6) is 0. The van der Waals surface area contributed by atoms with E-state index in [1.807, 2.05) is 0 Å². The van der Waals surface area contributed by atoms with Gasteiger partial charge in [-0.15, -0.1) is 0 Å². The van der Waals surface area contributed by atoms with Crippen molar-refractivity contribution in [2.75, 3.05) is 24.6 Å². The lowest BCUT2D eigenvalue weighted by Crippen LogP contribution is -2.29. The van der Waals surface area contributed by atoms with Crippen molar-refractivity contribution in [3.05, 3.63) is 10.6 Å². The van der Waals surface area contributed by atoms with Gasteiger partial charge in [0.1, 0.15) is 0 Å². The van der Waals surface area contributed by atoms with Crippen LogP contribution in [0, 0.1) is 0 Å². The minimum absolute atomic E-state index is 0.104. The first-order valence-electron chi connectivity index (χ1n) is 6.70. The Hall–Kier alpha value is -0.650. The average molecular weight is 270 g/mol. The first kappa shape index (κ1) is 13.8. The van der Waals surface area contributed by atoms with E-state index in [9.17, 15) is 5.11 Å². The van der Waals surface area contributed by atoms with Gasteiger partial charge in [-0.05, 0) is 19.8 Å². The molecule has 0 aromatic carbocycles. The third kappa shape index (κ3) is 3.22. The molecule has 0 radical (unpaired) electrons. The Labute approximate surface area is 113 Å². The predicted molar refractivity (Wildman–Crippen MR) is 74.3 cm³/mol. The fourth-order valence-electron chi connectivity index (χ4n) is 2.23. The molecule has 102 valence electrons. The number of aliphatic hydroxyl groups is 1. The summed E-state index contributed by atoms with van der Waals surface area (Å²) in [6, 6.07) is 0. The van der Waals surface area contributed by atoms with Crippen LogP contribution in [0.2, 0.25) is 0 Å². The normalized spacial score (nSPS) is 21.1. The molecule has 1 aromatic heterocycles. The number of aliphatic hydroxyl groups excluding tert-OH is 1. The lowest BCUT2D eigenvalue weighted by molar-refractivity contribution is 0.0821. The van der Waals surface area contributed by atoms with Gasteiger partial charge in [0.15, 0.2) is 5.13 Å². The fraction of sp³-hybridized carbons (Fsp3) is 0.769. The number of ether oxygens (including phenoxy) is 1. The van der Waals surface area contributed by atoms with Crippen LogP contribution in [-0.2, 0) is 17.8 Å². The summed E-state index contributed by atoms with van der Waals surface area (Å²) in [7, 11) is 0. The van der Waals surface area contributed by atoms with Crippen molar-refractivity contribution in [2.24, 2.45) is 0 Å². The first-order valence-corrected chi connectivity index (χ1v) is 7.52. The van der Waals surface area contributed by atoms with Crippen LogP contribution in [0.1, 0.15) is 37.3 Å². The van der Waals surface area contributed by atoms with E-state index in [1.165, 1.54) is 0 Å². The van der Waals surface area contributed by atoms with Gasteiger partial charge in [0.2, 0.25) is 0 Å². The number of anilines is 1. The molecule has 2 heterocycles. The van der Waals surface area contributed by atoms with Crippen molar-refractivity contribution in [3.63, 3.8) is 0 Å². The van der Waals surface area contributed by atoms with Crippen LogP contribution >= 0.6 is 11.3 Å². The topological polar surface area (TPSA) is 45.6 Å². The molecule has 4 nitrogen and oxygen atoms in total. The van der Waals surface area contributed by atoms with Crippen molar-refractivity contribution in [2.45, 2.75) is 45.8 Å². The number of aromatic nitrogens is 1. The van der Waals surface area contributed by atoms with Crippen LogP contribution in [0.4, 0.5) is 5.13 Å². The highest BCUT2D eigenvalue weighted by atomic mass is 32.1. The smallest absolute Gasteiger partial charge is 0.185 e. The summed E-state index contributed by atoms with van der Waals surface area (Å²) < 4.78 is 5.65. The lowest BCUT2D eigenvalue weighted by atomic mass is 10.2. The van der Waals surface area contributed by atoms with E-state index in [4.69, 9.17) is 9.72 Å². The van der Waals surface area contributed by atoms with Gasteiger partial charge in [0.25, 0.3) is 0 Å². The Balaban J connectivity index is 2.15. The van der Waals surface area contributed by atoms with Gasteiger partial charge in [0, 0.05) is 19.7 Å². The van der Waals surface area contributed by atoms with Crippen LogP contribution < -0.4 is 4.90 Å². The number of nitrogens with zero attached hydrogens (tertiary/aromatic N) is 2. The molecule has 0 spiro atoms. The first-order chi connectivity index (χ1) is 8.74. The Morgan fingerprint density at radius 2 is 2.39 bits per heavy atom. The van der Waals surface area contributed by atoms with Crippen LogP contribution in [0.5, 0.6) is 0 Å². The van der Waals surface area contributed by atoms with E-state index in [-0.39, 0.29) is 12.7 Å². The van der Waals surface area contributed by atoms with Crippen molar-refractivity contribution >= 4 is 16.5 Å². The molecule has 5 heteroatoms. The maximum Gasteiger partial charge on any atom is 0.185 e. The number of aryl methyl sites for hydroxylation is 1. The molecule has 1 unspecified atom stereocenters. The van der Waals surface area contributed by atoms with Gasteiger partial charge >= 0.3 is 0 Å². The molecule has 1 saturated heterocycles. The molecule has 1 aliphatic rings. The Kier molecular flexibility index (Phi) is 4.97. The molecule has 1 N–H and O–H groups in total. The number of thiazole rings is 1. The lowest BCUT2D eigenvalue weighted by Gasteiger charge is -2.20. The molecule has 0 amide bonds. The molecule has 0 aliphatic carbocycles. The Morgan fingerprint density at radius 3 is 3.11 bits per heavy atom. The fourth-order valence-corrected chi connectivity index (χ4v) is 3.23. The molecule has 1 aliphatic heterocycles. The second-order valence-corrected chi connectivity index (χ2v) is 5.82. The molecule has 18 heavy (non-hydrogen) atoms. The van der Waals surface area contributed by atoms with Gasteiger partial charge in [0.05, 0.1) is 23.3 Å². The summed E-state index contributed by atoms with van der Waals surface area (Å²) in [5, 5.41) is 10.4. The largest absolute Gasteiger partial charge is 0.391 e. The summed E-state index contributed by atoms with van der Waals surface area (Å²) in [5.41, 5.74) is 1.07. The average Bonchev–Trinajstić information content (AvgIpc) is 2.64. The summed E-state index contributed by atoms with van der Waals surface area (Å²) >= 11 is 1.63. The van der Waals surface area contributed by atoms with Gasteiger partial charge in [-0.25, -0.2) is 4.98 Å². The van der Waals surface area contributed by atoms with Gasteiger partial charge < -0.3 is 14.7 Å². The minimum atomic E-state index is 0.104. The standard InChI is InChI=1S/C13H22N2O2S/c1-3-5-11-12(9-16)18-13(14-11)15-6-4-7-17-10(2)8-15/h10,16H,3-9H2,1-2H3. The van der Waals surface area contributed by atoms with E-state index in [2.05, 4.69) is 18.7 Å². The molecule has 1 fully saturated rings. The zero-order chi connectivity index (χ0) is 13.0. The van der Waals surface area contributed by atoms with Crippen molar-refractivity contribution in [3.8, 4) is 0 Å². The van der Waals surface area contributed by atoms with Gasteiger partial charge in [-0.3, -0.25) is 0 Å². The molecule has 0 saturated carbocycles. The second kappa shape index (κ2) is 6.50. The monoisotopic (exact) mass is 270 g/mol. The van der Waals surface area contributed by atoms with Crippen molar-refractivity contribution in [1.82, 2.24) is 4.98 Å². The van der Waals surface area contributed by atoms with Crippen molar-refractivity contribution in [1.29, 1.82) is 0 Å². The Morgan fingerprint density at radius 1 is 1.56 bits per heavy atom. The molecule has 1 atom stereocenters. The highest BCUT2D eigenvalue weighted by Crippen LogP contribution is 2.28. The molecular formula is C13H22N2O2S. The Bertz CT molecular complexity index is 381. The van der Waals surface area contributed by atoms with Crippen LogP contribution in [0.15, 0.2) is 0 Å². The number of hydrogen-bond donors (Lipinski definition) is 1. The summed E-state index contributed by atoms with van der Waals surface area (Å²) in [4.78, 5) is 8.01. The van der Waals surface area contributed by atoms with Crippen LogP contribution in [0.25, 0.3) is 0 Å². The highest BCUT2D eigenvalue weighted by molar-refractivity contribution is 7.15. The SMILES string of the molecule is CCCc1nc(N2CCCOC(C)C2)sc1CO. The predicted octanol–water partition coefficient (Wildman–Crippen LogP) is 2.20. The molecular weight excluding hydrogens is 248 g/mol. The van der Waals surface area contributed by atoms with E-state index in [1.54, 1.807) is 11.3 Å². The van der Waals surface area contributed by atoms with Crippen molar-refractivity contribution < 1.29 is 9.84 Å². The summed E-state index contributed by atoms with van der Waals surface area (Å²) in [6.45, 7) is 7.07. The van der Waals surface area contributed by atoms with Gasteiger partial charge in [-0.1, -0.05) is 24.7 Å². The molecule has 1 aromatic rings. The molecule has 0 bridgehead atoms. The quantitative estimate of drug-likeness (QED) is 0.911. The maximum atomic E-state index is 9.39. The third-order valence-electron chi connectivity index (χ3n) is 3.12. The zero-order valence-corrected chi connectivity index (χ0v) is 12.0. The van der Waals surface area contributed by atoms with E-state index < -0.39 is 0 Å². The number of rotatable bonds is 4. The van der Waals surface area contributed by atoms with E-state index in [0.717, 1.165) is 54.7 Å². The van der Waals surface area contributed by atoms with Crippen LogP contribution in [0.3, 0.4) is 0 Å². The zero-order valence-electron chi connectivity index (χ0n) is 11.2. The highest BCUT2D eigenvalue weighted by Gasteiger charge is 2.20. The summed E-state index contributed by atoms with van der Waals surface area (Å²) in [6.07, 6.45) is 3.31. The third-order valence-corrected chi connectivity index (χ3v) is 4.26. The second-order valence-electron chi connectivity index (χ2n) is 4.76. The van der Waals surface area contributed by atoms with Gasteiger partial charge in [-0.2, -0.15) is 0 Å². The number of hydrogen-bond acceptors (Lipinski definition) is 5. The van der Waals surface area contributed by atoms with E-state index in [0.29, 0.717) is 0 Å². The minimum Gasteiger partial charge on any atom is -0.391 e. The molecule has 2 rings (SSSR count).